The molecule has 0 atom stereocenters. The van der Waals surface area contributed by atoms with Crippen molar-refractivity contribution in [3.05, 3.63) is 56.6 Å². The zero-order valence-corrected chi connectivity index (χ0v) is 18.5. The highest BCUT2D eigenvalue weighted by Crippen LogP contribution is 2.32. The molecule has 2 aromatic carbocycles. The summed E-state index contributed by atoms with van der Waals surface area (Å²) < 4.78 is 60.9. The number of piperidine rings is 1. The number of hydrogen-bond donors (Lipinski definition) is 3. The second kappa shape index (κ2) is 10.1. The van der Waals surface area contributed by atoms with Crippen LogP contribution in [0.3, 0.4) is 0 Å². The summed E-state index contributed by atoms with van der Waals surface area (Å²) in [6.45, 7) is 1.43. The van der Waals surface area contributed by atoms with E-state index in [9.17, 15) is 37.1 Å². The third-order valence-electron chi connectivity index (χ3n) is 4.62. The van der Waals surface area contributed by atoms with E-state index in [1.54, 1.807) is 0 Å². The molecule has 33 heavy (non-hydrogen) atoms. The van der Waals surface area contributed by atoms with Crippen LogP contribution in [0.15, 0.2) is 46.2 Å². The van der Waals surface area contributed by atoms with Gasteiger partial charge in [-0.25, -0.2) is 0 Å². The highest BCUT2D eigenvalue weighted by Gasteiger charge is 2.24. The summed E-state index contributed by atoms with van der Waals surface area (Å²) >= 11 is 0. The standard InChI is InChI=1S/C11H14N2O5S.C6H6N2O5S/c14-13(15)11-8-9(19(16,17)18)4-5-10(11)12-6-2-1-3-7-12;7-5-3-4(8(9)10)1-2-6(5)14(11,12)13/h4-5,8H,1-3,6-7H2,(H,16,17,18);1-3H,7H2,(H,11,12,13). The Morgan fingerprint density at radius 3 is 1.91 bits per heavy atom. The fraction of sp³-hybridized carbons (Fsp3) is 0.294. The first kappa shape index (κ1) is 25.9. The van der Waals surface area contributed by atoms with Gasteiger partial charge in [-0.2, -0.15) is 16.8 Å². The number of benzene rings is 2. The van der Waals surface area contributed by atoms with Crippen LogP contribution in [-0.4, -0.2) is 48.9 Å². The number of non-ortho nitro benzene ring substituents is 1. The second-order valence-electron chi connectivity index (χ2n) is 6.88. The van der Waals surface area contributed by atoms with Crippen molar-refractivity contribution in [2.45, 2.75) is 29.1 Å². The van der Waals surface area contributed by atoms with Gasteiger partial charge in [0.2, 0.25) is 0 Å². The zero-order chi connectivity index (χ0) is 25.0. The van der Waals surface area contributed by atoms with Crippen LogP contribution in [-0.2, 0) is 20.2 Å². The summed E-state index contributed by atoms with van der Waals surface area (Å²) in [6.07, 6.45) is 3.00. The molecule has 3 rings (SSSR count). The van der Waals surface area contributed by atoms with E-state index in [-0.39, 0.29) is 17.1 Å². The molecule has 4 N–H and O–H groups in total. The van der Waals surface area contributed by atoms with E-state index in [1.807, 2.05) is 4.90 Å². The lowest BCUT2D eigenvalue weighted by molar-refractivity contribution is -0.384. The van der Waals surface area contributed by atoms with Crippen LogP contribution >= 0.6 is 0 Å². The van der Waals surface area contributed by atoms with Gasteiger partial charge in [0.15, 0.2) is 0 Å². The molecule has 0 radical (unpaired) electrons. The van der Waals surface area contributed by atoms with Crippen LogP contribution in [0.4, 0.5) is 22.7 Å². The van der Waals surface area contributed by atoms with Gasteiger partial charge in [0, 0.05) is 31.3 Å². The first-order valence-corrected chi connectivity index (χ1v) is 12.1. The van der Waals surface area contributed by atoms with Crippen molar-refractivity contribution in [1.29, 1.82) is 0 Å². The minimum Gasteiger partial charge on any atom is -0.397 e. The summed E-state index contributed by atoms with van der Waals surface area (Å²) in [7, 11) is -8.85. The lowest BCUT2D eigenvalue weighted by Gasteiger charge is -2.28. The van der Waals surface area contributed by atoms with E-state index in [0.29, 0.717) is 18.8 Å². The van der Waals surface area contributed by atoms with Gasteiger partial charge in [0.05, 0.1) is 15.5 Å². The van der Waals surface area contributed by atoms with Crippen molar-refractivity contribution in [3.8, 4) is 0 Å². The first-order chi connectivity index (χ1) is 15.2. The van der Waals surface area contributed by atoms with E-state index < -0.39 is 39.9 Å². The molecule has 2 aromatic rings. The molecular weight excluding hydrogens is 484 g/mol. The third kappa shape index (κ3) is 6.82. The van der Waals surface area contributed by atoms with Crippen LogP contribution in [0, 0.1) is 20.2 Å². The number of nitro groups is 2. The Labute approximate surface area is 188 Å². The fourth-order valence-corrected chi connectivity index (χ4v) is 4.19. The van der Waals surface area contributed by atoms with Gasteiger partial charge in [0.25, 0.3) is 31.6 Å². The van der Waals surface area contributed by atoms with Crippen molar-refractivity contribution in [3.63, 3.8) is 0 Å². The average molecular weight is 504 g/mol. The molecule has 0 saturated carbocycles. The van der Waals surface area contributed by atoms with Gasteiger partial charge in [-0.05, 0) is 37.5 Å². The lowest BCUT2D eigenvalue weighted by atomic mass is 10.1. The van der Waals surface area contributed by atoms with Gasteiger partial charge in [-0.15, -0.1) is 0 Å². The number of rotatable bonds is 5. The Morgan fingerprint density at radius 2 is 1.45 bits per heavy atom. The van der Waals surface area contributed by atoms with Crippen LogP contribution in [0.2, 0.25) is 0 Å². The highest BCUT2D eigenvalue weighted by atomic mass is 32.2. The summed E-state index contributed by atoms with van der Waals surface area (Å²) in [5, 5.41) is 21.3. The molecule has 0 aliphatic carbocycles. The van der Waals surface area contributed by atoms with Crippen LogP contribution in [0.5, 0.6) is 0 Å². The van der Waals surface area contributed by atoms with Crippen LogP contribution < -0.4 is 10.6 Å². The zero-order valence-electron chi connectivity index (χ0n) is 16.9. The van der Waals surface area contributed by atoms with Crippen molar-refractivity contribution < 1.29 is 35.8 Å². The molecule has 1 saturated heterocycles. The molecular formula is C17H20N4O10S2. The van der Waals surface area contributed by atoms with Crippen LogP contribution in [0.25, 0.3) is 0 Å². The molecule has 0 spiro atoms. The van der Waals surface area contributed by atoms with E-state index in [1.165, 1.54) is 12.1 Å². The highest BCUT2D eigenvalue weighted by molar-refractivity contribution is 7.86. The molecule has 1 heterocycles. The largest absolute Gasteiger partial charge is 0.397 e. The van der Waals surface area contributed by atoms with E-state index in [2.05, 4.69) is 0 Å². The third-order valence-corrected chi connectivity index (χ3v) is 6.40. The predicted octanol–water partition coefficient (Wildman–Crippen LogP) is 2.26. The number of anilines is 2. The Bertz CT molecular complexity index is 1270. The maximum Gasteiger partial charge on any atom is 0.296 e. The maximum absolute atomic E-state index is 11.0. The van der Waals surface area contributed by atoms with Gasteiger partial charge in [-0.1, -0.05) is 0 Å². The Hall–Kier alpha value is -3.34. The van der Waals surface area contributed by atoms with E-state index in [0.717, 1.165) is 43.5 Å². The van der Waals surface area contributed by atoms with E-state index in [4.69, 9.17) is 14.8 Å². The monoisotopic (exact) mass is 504 g/mol. The molecule has 0 amide bonds. The number of nitrogen functional groups attached to an aromatic ring is 1. The molecule has 1 fully saturated rings. The lowest BCUT2D eigenvalue weighted by Crippen LogP contribution is -2.30. The van der Waals surface area contributed by atoms with Crippen LogP contribution in [0.1, 0.15) is 19.3 Å². The smallest absolute Gasteiger partial charge is 0.296 e. The first-order valence-electron chi connectivity index (χ1n) is 9.24. The molecule has 1 aliphatic rings. The molecule has 180 valence electrons. The van der Waals surface area contributed by atoms with Gasteiger partial charge < -0.3 is 10.6 Å². The van der Waals surface area contributed by atoms with Gasteiger partial charge in [0.1, 0.15) is 15.5 Å². The Kier molecular flexibility index (Phi) is 7.91. The number of hydrogen-bond acceptors (Lipinski definition) is 10. The number of nitrogens with zero attached hydrogens (tertiary/aromatic N) is 3. The molecule has 0 unspecified atom stereocenters. The van der Waals surface area contributed by atoms with Gasteiger partial charge in [-0.3, -0.25) is 29.3 Å². The Balaban J connectivity index is 0.000000245. The number of nitrogens with two attached hydrogens (primary N) is 1. The minimum atomic E-state index is -4.43. The summed E-state index contributed by atoms with van der Waals surface area (Å²) in [4.78, 5) is 20.8. The molecule has 0 aromatic heterocycles. The average Bonchev–Trinajstić information content (AvgIpc) is 2.72. The predicted molar refractivity (Wildman–Crippen MR) is 116 cm³/mol. The SMILES string of the molecule is Nc1cc([N+](=O)[O-])ccc1S(=O)(=O)O.O=[N+]([O-])c1cc(S(=O)(=O)O)ccc1N1CCCCC1. The molecule has 14 nitrogen and oxygen atoms in total. The molecule has 1 aliphatic heterocycles. The maximum atomic E-state index is 11.0. The fourth-order valence-electron chi connectivity index (χ4n) is 3.10. The van der Waals surface area contributed by atoms with E-state index >= 15 is 0 Å². The van der Waals surface area contributed by atoms with Gasteiger partial charge >= 0.3 is 0 Å². The van der Waals surface area contributed by atoms with Crippen molar-refractivity contribution >= 4 is 43.0 Å². The molecule has 0 bridgehead atoms. The molecule has 16 heteroatoms. The van der Waals surface area contributed by atoms with Crippen molar-refractivity contribution in [2.75, 3.05) is 23.7 Å². The summed E-state index contributed by atoms with van der Waals surface area (Å²) in [5.74, 6) is 0. The van der Waals surface area contributed by atoms with Crippen molar-refractivity contribution in [1.82, 2.24) is 0 Å². The van der Waals surface area contributed by atoms with Crippen molar-refractivity contribution in [2.24, 2.45) is 0 Å². The summed E-state index contributed by atoms with van der Waals surface area (Å²) in [6, 6.07) is 6.16. The second-order valence-corrected chi connectivity index (χ2v) is 9.70. The normalized spacial score (nSPS) is 14.2. The Morgan fingerprint density at radius 1 is 0.848 bits per heavy atom. The topological polar surface area (TPSA) is 224 Å². The number of nitro benzene ring substituents is 2. The quantitative estimate of drug-likeness (QED) is 0.231. The minimum absolute atomic E-state index is 0.294. The summed E-state index contributed by atoms with van der Waals surface area (Å²) in [5.41, 5.74) is 4.61.